The van der Waals surface area contributed by atoms with Gasteiger partial charge in [-0.25, -0.2) is 4.79 Å². The lowest BCUT2D eigenvalue weighted by atomic mass is 9.79. The quantitative estimate of drug-likeness (QED) is 0.394. The number of rotatable bonds is 6. The smallest absolute Gasteiger partial charge is 0.330 e. The second kappa shape index (κ2) is 7.05. The van der Waals surface area contributed by atoms with Gasteiger partial charge in [0.1, 0.15) is 0 Å². The lowest BCUT2D eigenvalue weighted by Crippen LogP contribution is -2.31. The third-order valence-electron chi connectivity index (χ3n) is 2.94. The highest BCUT2D eigenvalue weighted by Gasteiger charge is 2.39. The number of carbonyl (C=O) groups excluding carboxylic acids is 1. The highest BCUT2D eigenvalue weighted by atomic mass is 16.5. The summed E-state index contributed by atoms with van der Waals surface area (Å²) in [5, 5.41) is 9.21. The SMILES string of the molecule is CCCC/C=C(\C)C(C#N)(CC)C(=O)OC. The van der Waals surface area contributed by atoms with Crippen LogP contribution in [0.1, 0.15) is 46.5 Å². The Morgan fingerprint density at radius 1 is 1.50 bits per heavy atom. The molecule has 0 amide bonds. The fourth-order valence-corrected chi connectivity index (χ4v) is 1.67. The van der Waals surface area contributed by atoms with E-state index in [1.807, 2.05) is 19.9 Å². The highest BCUT2D eigenvalue weighted by molar-refractivity contribution is 5.83. The minimum Gasteiger partial charge on any atom is -0.468 e. The first kappa shape index (κ1) is 14.7. The number of methoxy groups -OCH3 is 1. The van der Waals surface area contributed by atoms with Crippen LogP contribution in [0.15, 0.2) is 11.6 Å². The molecule has 0 rings (SSSR count). The molecule has 0 aliphatic carbocycles. The van der Waals surface area contributed by atoms with Gasteiger partial charge in [0.25, 0.3) is 0 Å². The molecule has 0 spiro atoms. The van der Waals surface area contributed by atoms with Crippen LogP contribution in [0.5, 0.6) is 0 Å². The molecule has 0 aliphatic heterocycles. The molecule has 0 heterocycles. The fourth-order valence-electron chi connectivity index (χ4n) is 1.67. The van der Waals surface area contributed by atoms with Crippen LogP contribution < -0.4 is 0 Å². The minimum absolute atomic E-state index is 0.449. The summed E-state index contributed by atoms with van der Waals surface area (Å²) in [6, 6.07) is 2.10. The molecule has 0 aromatic carbocycles. The summed E-state index contributed by atoms with van der Waals surface area (Å²) in [5.74, 6) is -0.456. The molecule has 16 heavy (non-hydrogen) atoms. The Hall–Kier alpha value is -1.30. The van der Waals surface area contributed by atoms with E-state index in [4.69, 9.17) is 4.74 Å². The van der Waals surface area contributed by atoms with Crippen LogP contribution in [0, 0.1) is 16.7 Å². The third kappa shape index (κ3) is 3.10. The van der Waals surface area contributed by atoms with Crippen molar-refractivity contribution in [1.82, 2.24) is 0 Å². The summed E-state index contributed by atoms with van der Waals surface area (Å²) in [4.78, 5) is 11.7. The van der Waals surface area contributed by atoms with Gasteiger partial charge in [-0.2, -0.15) is 5.26 Å². The molecular formula is C13H21NO2. The van der Waals surface area contributed by atoms with Gasteiger partial charge in [0.05, 0.1) is 13.2 Å². The molecule has 0 aromatic heterocycles. The Bertz CT molecular complexity index is 302. The second-order valence-corrected chi connectivity index (χ2v) is 3.89. The van der Waals surface area contributed by atoms with Gasteiger partial charge in [0.15, 0.2) is 5.41 Å². The average molecular weight is 223 g/mol. The average Bonchev–Trinajstić information content (AvgIpc) is 2.31. The minimum atomic E-state index is -1.09. The summed E-state index contributed by atoms with van der Waals surface area (Å²) in [5.41, 5.74) is -0.291. The summed E-state index contributed by atoms with van der Waals surface area (Å²) in [7, 11) is 1.32. The number of carbonyl (C=O) groups is 1. The van der Waals surface area contributed by atoms with E-state index in [1.54, 1.807) is 0 Å². The van der Waals surface area contributed by atoms with Crippen LogP contribution in [-0.4, -0.2) is 13.1 Å². The largest absolute Gasteiger partial charge is 0.468 e. The lowest BCUT2D eigenvalue weighted by molar-refractivity contribution is -0.147. The molecule has 1 unspecified atom stereocenters. The van der Waals surface area contributed by atoms with Crippen molar-refractivity contribution in [3.8, 4) is 6.07 Å². The van der Waals surface area contributed by atoms with E-state index < -0.39 is 11.4 Å². The lowest BCUT2D eigenvalue weighted by Gasteiger charge is -2.23. The first-order chi connectivity index (χ1) is 7.58. The van der Waals surface area contributed by atoms with E-state index in [0.29, 0.717) is 6.42 Å². The van der Waals surface area contributed by atoms with Gasteiger partial charge in [0.2, 0.25) is 0 Å². The van der Waals surface area contributed by atoms with Crippen molar-refractivity contribution in [3.63, 3.8) is 0 Å². The second-order valence-electron chi connectivity index (χ2n) is 3.89. The maximum atomic E-state index is 11.7. The summed E-state index contributed by atoms with van der Waals surface area (Å²) in [6.45, 7) is 5.78. The van der Waals surface area contributed by atoms with E-state index in [9.17, 15) is 10.1 Å². The molecule has 0 fully saturated rings. The van der Waals surface area contributed by atoms with E-state index in [0.717, 1.165) is 24.8 Å². The Balaban J connectivity index is 4.98. The van der Waals surface area contributed by atoms with Gasteiger partial charge in [-0.3, -0.25) is 0 Å². The van der Waals surface area contributed by atoms with Crippen LogP contribution in [0.3, 0.4) is 0 Å². The monoisotopic (exact) mass is 223 g/mol. The van der Waals surface area contributed by atoms with Crippen molar-refractivity contribution < 1.29 is 9.53 Å². The molecule has 0 bridgehead atoms. The van der Waals surface area contributed by atoms with Gasteiger partial charge < -0.3 is 4.74 Å². The molecule has 0 aromatic rings. The maximum Gasteiger partial charge on any atom is 0.330 e. The zero-order valence-electron chi connectivity index (χ0n) is 10.7. The number of ether oxygens (including phenoxy) is 1. The molecule has 0 N–H and O–H groups in total. The first-order valence-corrected chi connectivity index (χ1v) is 5.75. The molecule has 0 radical (unpaired) electrons. The number of hydrogen-bond acceptors (Lipinski definition) is 3. The predicted molar refractivity (Wildman–Crippen MR) is 63.6 cm³/mol. The molecule has 0 saturated heterocycles. The van der Waals surface area contributed by atoms with Crippen LogP contribution in [0.25, 0.3) is 0 Å². The number of nitriles is 1. The Morgan fingerprint density at radius 2 is 2.12 bits per heavy atom. The van der Waals surface area contributed by atoms with Crippen molar-refractivity contribution in [3.05, 3.63) is 11.6 Å². The zero-order chi connectivity index (χ0) is 12.6. The van der Waals surface area contributed by atoms with Crippen LogP contribution in [0.4, 0.5) is 0 Å². The molecule has 90 valence electrons. The van der Waals surface area contributed by atoms with Crippen LogP contribution in [0.2, 0.25) is 0 Å². The van der Waals surface area contributed by atoms with Gasteiger partial charge in [0, 0.05) is 0 Å². The number of unbranched alkanes of at least 4 members (excludes halogenated alkanes) is 2. The highest BCUT2D eigenvalue weighted by Crippen LogP contribution is 2.32. The molecule has 3 heteroatoms. The Kier molecular flexibility index (Phi) is 6.48. The third-order valence-corrected chi connectivity index (χ3v) is 2.94. The van der Waals surface area contributed by atoms with Gasteiger partial charge in [-0.05, 0) is 25.3 Å². The van der Waals surface area contributed by atoms with E-state index >= 15 is 0 Å². The van der Waals surface area contributed by atoms with Crippen LogP contribution >= 0.6 is 0 Å². The van der Waals surface area contributed by atoms with Gasteiger partial charge in [-0.1, -0.05) is 32.8 Å². The Labute approximate surface area is 98.1 Å². The topological polar surface area (TPSA) is 50.1 Å². The van der Waals surface area contributed by atoms with E-state index in [1.165, 1.54) is 7.11 Å². The molecule has 0 aliphatic rings. The van der Waals surface area contributed by atoms with E-state index in [2.05, 4.69) is 13.0 Å². The zero-order valence-corrected chi connectivity index (χ0v) is 10.7. The number of esters is 1. The Morgan fingerprint density at radius 3 is 2.50 bits per heavy atom. The molecule has 1 atom stereocenters. The molecule has 0 saturated carbocycles. The molecule has 3 nitrogen and oxygen atoms in total. The van der Waals surface area contributed by atoms with Crippen molar-refractivity contribution in [2.24, 2.45) is 5.41 Å². The van der Waals surface area contributed by atoms with Crippen molar-refractivity contribution >= 4 is 5.97 Å². The summed E-state index contributed by atoms with van der Waals surface area (Å²) in [6.07, 6.45) is 5.51. The van der Waals surface area contributed by atoms with Gasteiger partial charge in [-0.15, -0.1) is 0 Å². The van der Waals surface area contributed by atoms with Crippen molar-refractivity contribution in [1.29, 1.82) is 5.26 Å². The maximum absolute atomic E-state index is 11.7. The van der Waals surface area contributed by atoms with Gasteiger partial charge >= 0.3 is 5.97 Å². The number of hydrogen-bond donors (Lipinski definition) is 0. The first-order valence-electron chi connectivity index (χ1n) is 5.75. The van der Waals surface area contributed by atoms with Crippen molar-refractivity contribution in [2.45, 2.75) is 46.5 Å². The standard InChI is InChI=1S/C13H21NO2/c1-5-7-8-9-11(3)13(6-2,10-14)12(15)16-4/h9H,5-8H2,1-4H3/b11-9+. The number of allylic oxidation sites excluding steroid dienone is 1. The van der Waals surface area contributed by atoms with Crippen LogP contribution in [-0.2, 0) is 9.53 Å². The van der Waals surface area contributed by atoms with Crippen molar-refractivity contribution in [2.75, 3.05) is 7.11 Å². The summed E-state index contributed by atoms with van der Waals surface area (Å²) >= 11 is 0. The predicted octanol–water partition coefficient (Wildman–Crippen LogP) is 3.22. The molecular weight excluding hydrogens is 202 g/mol. The van der Waals surface area contributed by atoms with E-state index in [-0.39, 0.29) is 0 Å². The fraction of sp³-hybridized carbons (Fsp3) is 0.692. The summed E-state index contributed by atoms with van der Waals surface area (Å²) < 4.78 is 4.72. The normalized spacial score (nSPS) is 15.1. The number of nitrogens with zero attached hydrogens (tertiary/aromatic N) is 1.